The van der Waals surface area contributed by atoms with Gasteiger partial charge >= 0.3 is 0 Å². The number of hydrogen-bond donors (Lipinski definition) is 2. The molecule has 5 nitrogen and oxygen atoms in total. The fourth-order valence-electron chi connectivity index (χ4n) is 3.24. The molecule has 1 aliphatic carbocycles. The van der Waals surface area contributed by atoms with Gasteiger partial charge in [0.25, 0.3) is 0 Å². The van der Waals surface area contributed by atoms with E-state index in [1.165, 1.54) is 16.9 Å². The fourth-order valence-corrected chi connectivity index (χ4v) is 4.47. The molecule has 2 N–H and O–H groups in total. The van der Waals surface area contributed by atoms with Crippen LogP contribution in [0.1, 0.15) is 28.8 Å². The maximum Gasteiger partial charge on any atom is 0.222 e. The first-order valence-electron chi connectivity index (χ1n) is 8.61. The number of fused-ring (bicyclic) bond motifs is 3. The number of aromatic nitrogens is 2. The molecule has 0 fully saturated rings. The average molecular weight is 352 g/mol. The first kappa shape index (κ1) is 16.0. The molecule has 2 aromatic heterocycles. The molecule has 128 valence electrons. The van der Waals surface area contributed by atoms with Crippen LogP contribution in [0.2, 0.25) is 0 Å². The van der Waals surface area contributed by atoms with Crippen LogP contribution in [0.4, 0.5) is 5.82 Å². The van der Waals surface area contributed by atoms with Gasteiger partial charge in [0.1, 0.15) is 17.0 Å². The van der Waals surface area contributed by atoms with Crippen molar-refractivity contribution in [3.8, 4) is 0 Å². The van der Waals surface area contributed by atoms with Crippen LogP contribution in [0, 0.1) is 0 Å². The highest BCUT2D eigenvalue weighted by Crippen LogP contribution is 2.38. The van der Waals surface area contributed by atoms with E-state index in [9.17, 15) is 4.79 Å². The Morgan fingerprint density at radius 1 is 1.16 bits per heavy atom. The lowest BCUT2D eigenvalue weighted by molar-refractivity contribution is -0.121. The summed E-state index contributed by atoms with van der Waals surface area (Å²) in [5.74, 6) is 0.900. The van der Waals surface area contributed by atoms with Crippen molar-refractivity contribution in [2.75, 3.05) is 11.9 Å². The topological polar surface area (TPSA) is 66.9 Å². The molecule has 0 radical (unpaired) electrons. The van der Waals surface area contributed by atoms with Crippen LogP contribution in [0.5, 0.6) is 0 Å². The molecule has 0 bridgehead atoms. The van der Waals surface area contributed by atoms with E-state index in [1.54, 1.807) is 17.7 Å². The van der Waals surface area contributed by atoms with Crippen LogP contribution in [0.25, 0.3) is 10.2 Å². The second-order valence-corrected chi connectivity index (χ2v) is 7.28. The summed E-state index contributed by atoms with van der Waals surface area (Å²) in [6.07, 6.45) is 5.50. The Labute approximate surface area is 150 Å². The predicted molar refractivity (Wildman–Crippen MR) is 101 cm³/mol. The molecule has 3 aromatic rings. The largest absolute Gasteiger partial charge is 0.369 e. The monoisotopic (exact) mass is 352 g/mol. The van der Waals surface area contributed by atoms with E-state index in [1.807, 2.05) is 30.3 Å². The number of aryl methyl sites for hydroxylation is 2. The Balaban J connectivity index is 1.34. The maximum absolute atomic E-state index is 12.0. The maximum atomic E-state index is 12.0. The lowest BCUT2D eigenvalue weighted by atomic mass is 10.2. The number of rotatable bonds is 6. The molecule has 1 amide bonds. The van der Waals surface area contributed by atoms with Crippen molar-refractivity contribution in [2.24, 2.45) is 0 Å². The summed E-state index contributed by atoms with van der Waals surface area (Å²) in [6, 6.07) is 9.94. The van der Waals surface area contributed by atoms with Gasteiger partial charge in [-0.05, 0) is 30.4 Å². The summed E-state index contributed by atoms with van der Waals surface area (Å²) >= 11 is 1.78. The molecule has 4 rings (SSSR count). The van der Waals surface area contributed by atoms with Crippen LogP contribution < -0.4 is 10.6 Å². The van der Waals surface area contributed by atoms with Crippen molar-refractivity contribution in [1.29, 1.82) is 0 Å². The number of benzene rings is 1. The number of hydrogen-bond acceptors (Lipinski definition) is 5. The zero-order valence-electron chi connectivity index (χ0n) is 13.9. The van der Waals surface area contributed by atoms with Crippen LogP contribution >= 0.6 is 11.3 Å². The third-order valence-corrected chi connectivity index (χ3v) is 5.68. The standard InChI is InChI=1S/C19H20N4OS/c24-16(21-11-13-5-2-1-3-6-13)9-10-20-18-17-14-7-4-8-15(14)25-19(17)23-12-22-18/h1-3,5-6,12H,4,7-11H2,(H,21,24)(H,20,22,23). The molecular formula is C19H20N4OS. The predicted octanol–water partition coefficient (Wildman–Crippen LogP) is 3.30. The Bertz CT molecular complexity index is 891. The summed E-state index contributed by atoms with van der Waals surface area (Å²) in [5.41, 5.74) is 2.51. The number of carbonyl (C=O) groups is 1. The van der Waals surface area contributed by atoms with E-state index < -0.39 is 0 Å². The molecule has 0 atom stereocenters. The van der Waals surface area contributed by atoms with E-state index in [0.29, 0.717) is 19.5 Å². The number of anilines is 1. The van der Waals surface area contributed by atoms with Gasteiger partial charge in [-0.15, -0.1) is 11.3 Å². The van der Waals surface area contributed by atoms with Gasteiger partial charge in [0.15, 0.2) is 0 Å². The number of nitrogens with zero attached hydrogens (tertiary/aromatic N) is 2. The minimum Gasteiger partial charge on any atom is -0.369 e. The average Bonchev–Trinajstić information content (AvgIpc) is 3.22. The van der Waals surface area contributed by atoms with E-state index in [2.05, 4.69) is 20.6 Å². The first-order chi connectivity index (χ1) is 12.3. The third-order valence-electron chi connectivity index (χ3n) is 4.48. The van der Waals surface area contributed by atoms with E-state index >= 15 is 0 Å². The van der Waals surface area contributed by atoms with Gasteiger partial charge in [-0.3, -0.25) is 4.79 Å². The van der Waals surface area contributed by atoms with Crippen LogP contribution in [-0.2, 0) is 24.2 Å². The summed E-state index contributed by atoms with van der Waals surface area (Å²) in [5, 5.41) is 7.43. The first-order valence-corrected chi connectivity index (χ1v) is 9.42. The molecule has 0 saturated heterocycles. The molecule has 2 heterocycles. The van der Waals surface area contributed by atoms with Gasteiger partial charge in [-0.2, -0.15) is 0 Å². The third kappa shape index (κ3) is 3.49. The van der Waals surface area contributed by atoms with Crippen molar-refractivity contribution in [3.05, 3.63) is 52.7 Å². The van der Waals surface area contributed by atoms with Crippen molar-refractivity contribution < 1.29 is 4.79 Å². The molecule has 0 spiro atoms. The van der Waals surface area contributed by atoms with Crippen LogP contribution in [0.3, 0.4) is 0 Å². The highest BCUT2D eigenvalue weighted by Gasteiger charge is 2.21. The quantitative estimate of drug-likeness (QED) is 0.714. The smallest absolute Gasteiger partial charge is 0.222 e. The van der Waals surface area contributed by atoms with Gasteiger partial charge in [-0.25, -0.2) is 9.97 Å². The van der Waals surface area contributed by atoms with Gasteiger partial charge in [0.05, 0.1) is 5.39 Å². The van der Waals surface area contributed by atoms with Gasteiger partial charge < -0.3 is 10.6 Å². The van der Waals surface area contributed by atoms with Crippen molar-refractivity contribution >= 4 is 33.3 Å². The lowest BCUT2D eigenvalue weighted by Gasteiger charge is -2.08. The molecule has 0 aliphatic heterocycles. The molecular weight excluding hydrogens is 332 g/mol. The Morgan fingerprint density at radius 3 is 2.92 bits per heavy atom. The second-order valence-electron chi connectivity index (χ2n) is 6.20. The minimum absolute atomic E-state index is 0.0391. The highest BCUT2D eigenvalue weighted by atomic mass is 32.1. The van der Waals surface area contributed by atoms with E-state index in [4.69, 9.17) is 0 Å². The zero-order valence-corrected chi connectivity index (χ0v) is 14.7. The number of nitrogens with one attached hydrogen (secondary N) is 2. The molecule has 25 heavy (non-hydrogen) atoms. The second kappa shape index (κ2) is 7.19. The van der Waals surface area contributed by atoms with Crippen LogP contribution in [-0.4, -0.2) is 22.4 Å². The summed E-state index contributed by atoms with van der Waals surface area (Å²) in [4.78, 5) is 23.3. The van der Waals surface area contributed by atoms with Crippen molar-refractivity contribution in [3.63, 3.8) is 0 Å². The van der Waals surface area contributed by atoms with E-state index in [-0.39, 0.29) is 5.91 Å². The Hall–Kier alpha value is -2.47. The molecule has 0 unspecified atom stereocenters. The van der Waals surface area contributed by atoms with E-state index in [0.717, 1.165) is 34.4 Å². The highest BCUT2D eigenvalue weighted by molar-refractivity contribution is 7.19. The normalized spacial score (nSPS) is 13.0. The van der Waals surface area contributed by atoms with Crippen molar-refractivity contribution in [2.45, 2.75) is 32.2 Å². The van der Waals surface area contributed by atoms with Gasteiger partial charge in [0.2, 0.25) is 5.91 Å². The summed E-state index contributed by atoms with van der Waals surface area (Å²) in [6.45, 7) is 1.13. The van der Waals surface area contributed by atoms with Gasteiger partial charge in [-0.1, -0.05) is 30.3 Å². The number of carbonyl (C=O) groups excluding carboxylic acids is 1. The molecule has 1 aliphatic rings. The number of thiophene rings is 1. The van der Waals surface area contributed by atoms with Crippen LogP contribution in [0.15, 0.2) is 36.7 Å². The fraction of sp³-hybridized carbons (Fsp3) is 0.316. The summed E-state index contributed by atoms with van der Waals surface area (Å²) in [7, 11) is 0. The van der Waals surface area contributed by atoms with Crippen molar-refractivity contribution in [1.82, 2.24) is 15.3 Å². The lowest BCUT2D eigenvalue weighted by Crippen LogP contribution is -2.25. The molecule has 1 aromatic carbocycles. The summed E-state index contributed by atoms with van der Waals surface area (Å²) < 4.78 is 0. The van der Waals surface area contributed by atoms with Gasteiger partial charge in [0, 0.05) is 24.4 Å². The Morgan fingerprint density at radius 2 is 2.04 bits per heavy atom. The SMILES string of the molecule is O=C(CCNc1ncnc2sc3c(c12)CCC3)NCc1ccccc1. The molecule has 0 saturated carbocycles. The molecule has 6 heteroatoms. The minimum atomic E-state index is 0.0391. The number of amides is 1. The Kier molecular flexibility index (Phi) is 4.61. The zero-order chi connectivity index (χ0) is 17.1.